The molecule has 0 N–H and O–H groups in total. The first-order chi connectivity index (χ1) is 43.9. The third-order valence-electron chi connectivity index (χ3n) is 15.0. The Hall–Kier alpha value is -9.74. The van der Waals surface area contributed by atoms with E-state index in [0.717, 1.165) is 88.4 Å². The van der Waals surface area contributed by atoms with Gasteiger partial charge in [0.15, 0.2) is 8.07 Å². The summed E-state index contributed by atoms with van der Waals surface area (Å²) in [5, 5.41) is 5.16. The van der Waals surface area contributed by atoms with Gasteiger partial charge in [0, 0.05) is 49.4 Å². The normalized spacial score (nSPS) is 14.7. The van der Waals surface area contributed by atoms with Crippen molar-refractivity contribution < 1.29 is 20.6 Å². The monoisotopic (exact) mass is 998 g/mol. The van der Waals surface area contributed by atoms with Crippen LogP contribution in [0.3, 0.4) is 0 Å². The van der Waals surface area contributed by atoms with Crippen molar-refractivity contribution in [2.45, 2.75) is 0 Å². The summed E-state index contributed by atoms with van der Waals surface area (Å²) in [5.74, 6) is 0. The molecule has 12 aromatic carbocycles. The van der Waals surface area contributed by atoms with E-state index in [2.05, 4.69) is 171 Å². The van der Waals surface area contributed by atoms with Crippen LogP contribution in [0.5, 0.6) is 0 Å². The Morgan fingerprint density at radius 1 is 0.237 bits per heavy atom. The number of hydrogen-bond donors (Lipinski definition) is 0. The number of aromatic nitrogens is 3. The lowest BCUT2D eigenvalue weighted by Gasteiger charge is -2.34. The van der Waals surface area contributed by atoms with Crippen LogP contribution in [-0.4, -0.2) is 21.8 Å². The Balaban J connectivity index is 0.933. The highest BCUT2D eigenvalue weighted by molar-refractivity contribution is 7.19. The standard InChI is InChI=1S/C72H49N3Si/c1-4-20-57(21-5-1)76(58-22-6-2-7-23-58,59-24-8-3-9-25-59)60-43-40-51(41-44-60)50-36-38-52(39-37-50)53-46-55(74-69-33-17-12-28-63(69)64-29-13-18-34-70(64)74)48-56(47-53)75-71-35-19-14-30-65(71)66-45-42-54(49-72(66)75)73-67-31-15-10-26-61(67)62-27-11-16-32-68(62)73/h1-49H/i1D,2D,3D,4D,5D,6D,7D,8D,9D,20D,21D,22D,23D,24D,25D. The smallest absolute Gasteiger partial charge is 0.179 e. The zero-order chi connectivity index (χ0) is 63.2. The lowest BCUT2D eigenvalue weighted by molar-refractivity contribution is 1.13. The third-order valence-corrected chi connectivity index (χ3v) is 19.2. The van der Waals surface area contributed by atoms with Crippen LogP contribution in [-0.2, 0) is 0 Å². The Morgan fingerprint density at radius 2 is 0.553 bits per heavy atom. The molecule has 0 unspecified atom stereocenters. The third kappa shape index (κ3) is 6.81. The average molecular weight is 999 g/mol. The maximum atomic E-state index is 9.47. The summed E-state index contributed by atoms with van der Waals surface area (Å²) in [6.45, 7) is 0. The minimum atomic E-state index is -5.27. The predicted molar refractivity (Wildman–Crippen MR) is 324 cm³/mol. The van der Waals surface area contributed by atoms with E-state index in [9.17, 15) is 8.22 Å². The lowest BCUT2D eigenvalue weighted by atomic mass is 9.99. The van der Waals surface area contributed by atoms with E-state index in [0.29, 0.717) is 5.56 Å². The zero-order valence-corrected chi connectivity index (χ0v) is 41.5. The van der Waals surface area contributed by atoms with Crippen molar-refractivity contribution in [1.29, 1.82) is 0 Å². The summed E-state index contributed by atoms with van der Waals surface area (Å²) >= 11 is 0. The van der Waals surface area contributed by atoms with Crippen LogP contribution in [0.1, 0.15) is 20.6 Å². The van der Waals surface area contributed by atoms with Crippen molar-refractivity contribution in [3.63, 3.8) is 0 Å². The van der Waals surface area contributed by atoms with Gasteiger partial charge in [-0.1, -0.05) is 236 Å². The van der Waals surface area contributed by atoms with Crippen LogP contribution < -0.4 is 20.7 Å². The number of nitrogens with zero attached hydrogens (tertiary/aromatic N) is 3. The van der Waals surface area contributed by atoms with Crippen molar-refractivity contribution in [1.82, 2.24) is 13.7 Å². The molecule has 3 aromatic heterocycles. The number of para-hydroxylation sites is 5. The molecular formula is C72H49N3Si. The molecule has 0 spiro atoms. The predicted octanol–water partition coefficient (Wildman–Crippen LogP) is 15.7. The fraction of sp³-hybridized carbons (Fsp3) is 0. The molecule has 76 heavy (non-hydrogen) atoms. The van der Waals surface area contributed by atoms with Gasteiger partial charge in [0.2, 0.25) is 0 Å². The molecule has 0 bridgehead atoms. The first-order valence-electron chi connectivity index (χ1n) is 32.5. The van der Waals surface area contributed by atoms with Gasteiger partial charge in [-0.3, -0.25) is 0 Å². The molecule has 0 aliphatic rings. The van der Waals surface area contributed by atoms with Crippen LogP contribution in [0.2, 0.25) is 0 Å². The maximum Gasteiger partial charge on any atom is 0.179 e. The van der Waals surface area contributed by atoms with Gasteiger partial charge in [-0.05, 0) is 104 Å². The fourth-order valence-corrected chi connectivity index (χ4v) is 15.5. The van der Waals surface area contributed by atoms with Gasteiger partial charge >= 0.3 is 0 Å². The molecule has 0 saturated carbocycles. The van der Waals surface area contributed by atoms with E-state index in [1.165, 1.54) is 22.9 Å². The second-order valence-corrected chi connectivity index (χ2v) is 22.5. The molecule has 3 nitrogen and oxygen atoms in total. The molecule has 0 saturated heterocycles. The van der Waals surface area contributed by atoms with Gasteiger partial charge in [-0.2, -0.15) is 0 Å². The highest BCUT2D eigenvalue weighted by Crippen LogP contribution is 2.40. The molecule has 15 aromatic rings. The molecule has 356 valence electrons. The molecule has 0 radical (unpaired) electrons. The van der Waals surface area contributed by atoms with E-state index < -0.39 is 114 Å². The van der Waals surface area contributed by atoms with Crippen LogP contribution >= 0.6 is 0 Å². The highest BCUT2D eigenvalue weighted by atomic mass is 28.3. The molecule has 0 aliphatic heterocycles. The minimum Gasteiger partial charge on any atom is -0.309 e. The largest absolute Gasteiger partial charge is 0.309 e. The van der Waals surface area contributed by atoms with Gasteiger partial charge in [-0.25, -0.2) is 0 Å². The first-order valence-corrected chi connectivity index (χ1v) is 27.0. The summed E-state index contributed by atoms with van der Waals surface area (Å²) < 4.78 is 143. The average Bonchev–Trinajstić information content (AvgIpc) is 1.62. The molecule has 3 heterocycles. The lowest BCUT2D eigenvalue weighted by Crippen LogP contribution is -2.74. The fourth-order valence-electron chi connectivity index (χ4n) is 11.7. The number of rotatable bonds is 9. The second-order valence-electron chi connectivity index (χ2n) is 18.9. The van der Waals surface area contributed by atoms with Crippen LogP contribution in [0.15, 0.2) is 297 Å². The van der Waals surface area contributed by atoms with Crippen molar-refractivity contribution in [3.8, 4) is 39.3 Å². The molecule has 0 atom stereocenters. The quantitative estimate of drug-likeness (QED) is 0.101. The number of benzene rings is 12. The molecule has 15 rings (SSSR count). The van der Waals surface area contributed by atoms with Crippen molar-refractivity contribution in [3.05, 3.63) is 297 Å². The number of fused-ring (bicyclic) bond motifs is 9. The topological polar surface area (TPSA) is 14.8 Å². The molecular weight excluding hydrogens is 935 g/mol. The van der Waals surface area contributed by atoms with Crippen LogP contribution in [0.25, 0.3) is 105 Å². The van der Waals surface area contributed by atoms with E-state index in [4.69, 9.17) is 12.3 Å². The molecule has 0 aliphatic carbocycles. The van der Waals surface area contributed by atoms with Gasteiger partial charge < -0.3 is 13.7 Å². The Bertz CT molecular complexity index is 5260. The van der Waals surface area contributed by atoms with Gasteiger partial charge in [0.05, 0.1) is 53.7 Å². The van der Waals surface area contributed by atoms with Gasteiger partial charge in [0.25, 0.3) is 0 Å². The molecule has 4 heteroatoms. The Labute approximate surface area is 463 Å². The highest BCUT2D eigenvalue weighted by Gasteiger charge is 2.41. The molecule has 0 amide bonds. The minimum absolute atomic E-state index is 0.0325. The maximum absolute atomic E-state index is 9.47. The van der Waals surface area contributed by atoms with Crippen molar-refractivity contribution in [2.24, 2.45) is 0 Å². The second kappa shape index (κ2) is 17.7. The van der Waals surface area contributed by atoms with Crippen LogP contribution in [0, 0.1) is 0 Å². The number of hydrogen-bond acceptors (Lipinski definition) is 0. The van der Waals surface area contributed by atoms with E-state index in [-0.39, 0.29) is 5.19 Å². The summed E-state index contributed by atoms with van der Waals surface area (Å²) in [5.41, 5.74) is 12.3. The zero-order valence-electron chi connectivity index (χ0n) is 55.5. The van der Waals surface area contributed by atoms with Crippen molar-refractivity contribution >= 4 is 94.2 Å². The first kappa shape index (κ1) is 31.1. The van der Waals surface area contributed by atoms with Crippen LogP contribution in [0.4, 0.5) is 0 Å². The van der Waals surface area contributed by atoms with E-state index in [1.807, 2.05) is 24.3 Å². The van der Waals surface area contributed by atoms with E-state index in [1.54, 1.807) is 12.1 Å². The Kier molecular flexibility index (Phi) is 7.26. The van der Waals surface area contributed by atoms with E-state index >= 15 is 0 Å². The van der Waals surface area contributed by atoms with Gasteiger partial charge in [-0.15, -0.1) is 0 Å². The SMILES string of the molecule is [2H]c1c([2H])c([2H])c([Si](c2ccc(-c3ccc(-c4cc(-n5c6ccccc6c6ccccc65)cc(-n5c6ccccc6c6ccc(-n7c8ccccc8c8ccccc87)cc65)c4)cc3)cc2)(c2c([2H])c([2H])c([2H])c([2H])c2[2H])c2c([2H])c([2H])c([2H])c([2H])c2[2H])c([2H])c1[2H]. The summed E-state index contributed by atoms with van der Waals surface area (Å²) in [6, 6.07) is 57.9. The summed E-state index contributed by atoms with van der Waals surface area (Å²) in [6.07, 6.45) is 0. The summed E-state index contributed by atoms with van der Waals surface area (Å²) in [4.78, 5) is 0. The summed E-state index contributed by atoms with van der Waals surface area (Å²) in [7, 11) is -5.27. The van der Waals surface area contributed by atoms with Gasteiger partial charge in [0.1, 0.15) is 0 Å². The van der Waals surface area contributed by atoms with Crippen molar-refractivity contribution in [2.75, 3.05) is 0 Å². The Morgan fingerprint density at radius 3 is 0.947 bits per heavy atom. The molecule has 0 fully saturated rings.